The SMILES string of the molecule is CSCCCC(=O)N(C)Cc1ccccc1. The van der Waals surface area contributed by atoms with Gasteiger partial charge in [-0.3, -0.25) is 4.79 Å². The van der Waals surface area contributed by atoms with Crippen LogP contribution in [-0.2, 0) is 11.3 Å². The molecule has 0 aliphatic heterocycles. The maximum atomic E-state index is 11.7. The first-order valence-electron chi connectivity index (χ1n) is 5.51. The van der Waals surface area contributed by atoms with Crippen LogP contribution in [0.4, 0.5) is 0 Å². The standard InChI is InChI=1S/C13H19NOS/c1-14(13(15)9-6-10-16-2)11-12-7-4-3-5-8-12/h3-5,7-8H,6,9-11H2,1-2H3. The van der Waals surface area contributed by atoms with Crippen LogP contribution >= 0.6 is 11.8 Å². The molecule has 0 radical (unpaired) electrons. The molecule has 0 N–H and O–H groups in total. The second kappa shape index (κ2) is 7.34. The number of hydrogen-bond donors (Lipinski definition) is 0. The fraction of sp³-hybridized carbons (Fsp3) is 0.462. The molecule has 0 atom stereocenters. The van der Waals surface area contributed by atoms with Crippen molar-refractivity contribution in [1.82, 2.24) is 4.90 Å². The molecule has 0 saturated carbocycles. The van der Waals surface area contributed by atoms with Gasteiger partial charge in [0.05, 0.1) is 0 Å². The molecule has 1 amide bonds. The molecule has 2 nitrogen and oxygen atoms in total. The van der Waals surface area contributed by atoms with E-state index in [2.05, 4.69) is 6.26 Å². The summed E-state index contributed by atoms with van der Waals surface area (Å²) in [7, 11) is 1.87. The van der Waals surface area contributed by atoms with E-state index in [1.54, 1.807) is 16.7 Å². The fourth-order valence-corrected chi connectivity index (χ4v) is 1.94. The van der Waals surface area contributed by atoms with E-state index in [0.29, 0.717) is 13.0 Å². The van der Waals surface area contributed by atoms with Crippen LogP contribution in [-0.4, -0.2) is 29.9 Å². The summed E-state index contributed by atoms with van der Waals surface area (Å²) in [6.07, 6.45) is 3.70. The lowest BCUT2D eigenvalue weighted by molar-refractivity contribution is -0.130. The van der Waals surface area contributed by atoms with Crippen molar-refractivity contribution in [3.8, 4) is 0 Å². The molecule has 0 saturated heterocycles. The highest BCUT2D eigenvalue weighted by Crippen LogP contribution is 2.06. The molecular formula is C13H19NOS. The summed E-state index contributed by atoms with van der Waals surface area (Å²) in [5, 5.41) is 0. The molecule has 1 aromatic rings. The Morgan fingerprint density at radius 2 is 2.00 bits per heavy atom. The van der Waals surface area contributed by atoms with Crippen LogP contribution < -0.4 is 0 Å². The smallest absolute Gasteiger partial charge is 0.222 e. The van der Waals surface area contributed by atoms with Gasteiger partial charge in [0.2, 0.25) is 5.91 Å². The molecule has 0 spiro atoms. The van der Waals surface area contributed by atoms with Gasteiger partial charge < -0.3 is 4.90 Å². The van der Waals surface area contributed by atoms with E-state index in [1.165, 1.54) is 5.56 Å². The van der Waals surface area contributed by atoms with Crippen molar-refractivity contribution in [2.45, 2.75) is 19.4 Å². The van der Waals surface area contributed by atoms with Crippen LogP contribution in [0.5, 0.6) is 0 Å². The Bertz CT molecular complexity index is 313. The number of benzene rings is 1. The molecule has 16 heavy (non-hydrogen) atoms. The molecule has 0 fully saturated rings. The third-order valence-electron chi connectivity index (χ3n) is 2.43. The Morgan fingerprint density at radius 3 is 2.62 bits per heavy atom. The summed E-state index contributed by atoms with van der Waals surface area (Å²) < 4.78 is 0. The van der Waals surface area contributed by atoms with Crippen LogP contribution in [0, 0.1) is 0 Å². The van der Waals surface area contributed by atoms with Gasteiger partial charge in [-0.1, -0.05) is 30.3 Å². The van der Waals surface area contributed by atoms with Gasteiger partial charge in [0.15, 0.2) is 0 Å². The second-order valence-corrected chi connectivity index (χ2v) is 4.82. The van der Waals surface area contributed by atoms with E-state index in [1.807, 2.05) is 37.4 Å². The van der Waals surface area contributed by atoms with Gasteiger partial charge in [0, 0.05) is 20.0 Å². The number of hydrogen-bond acceptors (Lipinski definition) is 2. The molecule has 88 valence electrons. The van der Waals surface area contributed by atoms with Crippen molar-refractivity contribution >= 4 is 17.7 Å². The molecule has 1 rings (SSSR count). The lowest BCUT2D eigenvalue weighted by Gasteiger charge is -2.17. The van der Waals surface area contributed by atoms with E-state index >= 15 is 0 Å². The zero-order valence-corrected chi connectivity index (χ0v) is 10.8. The van der Waals surface area contributed by atoms with Gasteiger partial charge in [-0.25, -0.2) is 0 Å². The maximum Gasteiger partial charge on any atom is 0.222 e. The molecule has 1 aromatic carbocycles. The summed E-state index contributed by atoms with van der Waals surface area (Å²) in [5.41, 5.74) is 1.18. The molecule has 0 aromatic heterocycles. The van der Waals surface area contributed by atoms with Crippen molar-refractivity contribution in [2.75, 3.05) is 19.1 Å². The zero-order valence-electron chi connectivity index (χ0n) is 9.98. The monoisotopic (exact) mass is 237 g/mol. The van der Waals surface area contributed by atoms with E-state index in [-0.39, 0.29) is 5.91 Å². The minimum absolute atomic E-state index is 0.234. The number of nitrogens with zero attached hydrogens (tertiary/aromatic N) is 1. The van der Waals surface area contributed by atoms with E-state index in [0.717, 1.165) is 12.2 Å². The summed E-state index contributed by atoms with van der Waals surface area (Å²) in [6.45, 7) is 0.707. The Kier molecular flexibility index (Phi) is 6.01. The molecule has 0 aliphatic carbocycles. The van der Waals surface area contributed by atoms with Crippen molar-refractivity contribution in [3.63, 3.8) is 0 Å². The summed E-state index contributed by atoms with van der Waals surface area (Å²) in [5.74, 6) is 1.29. The van der Waals surface area contributed by atoms with Crippen LogP contribution in [0.15, 0.2) is 30.3 Å². The topological polar surface area (TPSA) is 20.3 Å². The van der Waals surface area contributed by atoms with Crippen LogP contribution in [0.2, 0.25) is 0 Å². The summed E-state index contributed by atoms with van der Waals surface area (Å²) >= 11 is 1.79. The number of amides is 1. The average molecular weight is 237 g/mol. The molecule has 0 aliphatic rings. The zero-order chi connectivity index (χ0) is 11.8. The van der Waals surface area contributed by atoms with Crippen LogP contribution in [0.3, 0.4) is 0 Å². The number of rotatable bonds is 6. The summed E-state index contributed by atoms with van der Waals surface area (Å²) in [6, 6.07) is 10.1. The van der Waals surface area contributed by atoms with Crippen LogP contribution in [0.1, 0.15) is 18.4 Å². The number of carbonyl (C=O) groups is 1. The lowest BCUT2D eigenvalue weighted by atomic mass is 10.2. The van der Waals surface area contributed by atoms with Gasteiger partial charge in [0.25, 0.3) is 0 Å². The Morgan fingerprint density at radius 1 is 1.31 bits per heavy atom. The molecular weight excluding hydrogens is 218 g/mol. The molecule has 0 bridgehead atoms. The molecule has 0 unspecified atom stereocenters. The predicted octanol–water partition coefficient (Wildman–Crippen LogP) is 2.79. The predicted molar refractivity (Wildman–Crippen MR) is 70.5 cm³/mol. The van der Waals surface area contributed by atoms with Crippen molar-refractivity contribution in [2.24, 2.45) is 0 Å². The van der Waals surface area contributed by atoms with Gasteiger partial charge in [-0.15, -0.1) is 0 Å². The van der Waals surface area contributed by atoms with Crippen molar-refractivity contribution in [1.29, 1.82) is 0 Å². The van der Waals surface area contributed by atoms with Gasteiger partial charge in [0.1, 0.15) is 0 Å². The third-order valence-corrected chi connectivity index (χ3v) is 3.12. The highest BCUT2D eigenvalue weighted by atomic mass is 32.2. The number of thioether (sulfide) groups is 1. The first-order valence-corrected chi connectivity index (χ1v) is 6.90. The van der Waals surface area contributed by atoms with Crippen molar-refractivity contribution < 1.29 is 4.79 Å². The average Bonchev–Trinajstić information content (AvgIpc) is 2.30. The van der Waals surface area contributed by atoms with Crippen molar-refractivity contribution in [3.05, 3.63) is 35.9 Å². The molecule has 0 heterocycles. The Labute approximate surface area is 102 Å². The van der Waals surface area contributed by atoms with Gasteiger partial charge in [-0.05, 0) is 24.0 Å². The first kappa shape index (κ1) is 13.1. The quantitative estimate of drug-likeness (QED) is 0.709. The van der Waals surface area contributed by atoms with Crippen LogP contribution in [0.25, 0.3) is 0 Å². The van der Waals surface area contributed by atoms with E-state index < -0.39 is 0 Å². The number of carbonyl (C=O) groups excluding carboxylic acids is 1. The third kappa shape index (κ3) is 4.71. The highest BCUT2D eigenvalue weighted by Gasteiger charge is 2.08. The highest BCUT2D eigenvalue weighted by molar-refractivity contribution is 7.98. The second-order valence-electron chi connectivity index (χ2n) is 3.83. The van der Waals surface area contributed by atoms with Gasteiger partial charge in [-0.2, -0.15) is 11.8 Å². The minimum Gasteiger partial charge on any atom is -0.341 e. The van der Waals surface area contributed by atoms with E-state index in [4.69, 9.17) is 0 Å². The Balaban J connectivity index is 2.34. The normalized spacial score (nSPS) is 10.1. The fourth-order valence-electron chi connectivity index (χ4n) is 1.50. The largest absolute Gasteiger partial charge is 0.341 e. The lowest BCUT2D eigenvalue weighted by Crippen LogP contribution is -2.25. The molecule has 3 heteroatoms. The minimum atomic E-state index is 0.234. The first-order chi connectivity index (χ1) is 7.74. The summed E-state index contributed by atoms with van der Waals surface area (Å²) in [4.78, 5) is 13.5. The Hall–Kier alpha value is -0.960. The van der Waals surface area contributed by atoms with Gasteiger partial charge >= 0.3 is 0 Å². The van der Waals surface area contributed by atoms with E-state index in [9.17, 15) is 4.79 Å². The maximum absolute atomic E-state index is 11.7.